The zero-order valence-corrected chi connectivity index (χ0v) is 13.9. The summed E-state index contributed by atoms with van der Waals surface area (Å²) >= 11 is 0. The van der Waals surface area contributed by atoms with Gasteiger partial charge in [-0.3, -0.25) is 9.78 Å². The average Bonchev–Trinajstić information content (AvgIpc) is 2.67. The van der Waals surface area contributed by atoms with Gasteiger partial charge in [0.2, 0.25) is 0 Å². The van der Waals surface area contributed by atoms with Gasteiger partial charge in [0.15, 0.2) is 5.69 Å². The molecule has 0 spiro atoms. The number of pyridine rings is 1. The maximum absolute atomic E-state index is 13.0. The molecule has 2 aromatic heterocycles. The van der Waals surface area contributed by atoms with Crippen LogP contribution in [0.25, 0.3) is 0 Å². The summed E-state index contributed by atoms with van der Waals surface area (Å²) in [6.45, 7) is 0.465. The molecule has 0 radical (unpaired) electrons. The first-order valence-corrected chi connectivity index (χ1v) is 7.87. The number of aromatic nitrogens is 3. The molecule has 9 heteroatoms. The molecule has 3 rings (SSSR count). The Kier molecular flexibility index (Phi) is 5.30. The summed E-state index contributed by atoms with van der Waals surface area (Å²) in [6.07, 6.45) is -1.22. The van der Waals surface area contributed by atoms with Gasteiger partial charge in [0.25, 0.3) is 5.91 Å². The van der Waals surface area contributed by atoms with Crippen LogP contribution in [0.1, 0.15) is 21.6 Å². The molecule has 27 heavy (non-hydrogen) atoms. The van der Waals surface area contributed by atoms with Gasteiger partial charge >= 0.3 is 6.18 Å². The predicted octanol–water partition coefficient (Wildman–Crippen LogP) is 3.75. The van der Waals surface area contributed by atoms with Crippen LogP contribution in [0.4, 0.5) is 24.7 Å². The zero-order valence-electron chi connectivity index (χ0n) is 13.9. The van der Waals surface area contributed by atoms with Crippen LogP contribution in [0, 0.1) is 0 Å². The molecule has 0 aliphatic carbocycles. The van der Waals surface area contributed by atoms with Crippen LogP contribution in [0.3, 0.4) is 0 Å². The number of amides is 1. The van der Waals surface area contributed by atoms with Crippen molar-refractivity contribution < 1.29 is 18.0 Å². The largest absolute Gasteiger partial charge is 0.418 e. The number of benzene rings is 1. The Morgan fingerprint density at radius 3 is 2.48 bits per heavy atom. The fourth-order valence-corrected chi connectivity index (χ4v) is 2.27. The van der Waals surface area contributed by atoms with Crippen molar-refractivity contribution >= 4 is 17.4 Å². The van der Waals surface area contributed by atoms with Crippen molar-refractivity contribution in [2.75, 3.05) is 10.6 Å². The molecule has 0 saturated heterocycles. The second-order valence-corrected chi connectivity index (χ2v) is 5.52. The van der Waals surface area contributed by atoms with Gasteiger partial charge in [0, 0.05) is 18.9 Å². The second kappa shape index (κ2) is 7.81. The number of anilines is 2. The highest BCUT2D eigenvalue weighted by Crippen LogP contribution is 2.34. The summed E-state index contributed by atoms with van der Waals surface area (Å²) in [4.78, 5) is 16.2. The van der Waals surface area contributed by atoms with Crippen LogP contribution in [0.2, 0.25) is 0 Å². The number of carbonyl (C=O) groups excluding carboxylic acids is 1. The van der Waals surface area contributed by atoms with Gasteiger partial charge in [-0.15, -0.1) is 10.2 Å². The number of hydrogen-bond donors (Lipinski definition) is 2. The third-order valence-corrected chi connectivity index (χ3v) is 3.57. The lowest BCUT2D eigenvalue weighted by atomic mass is 10.1. The first-order valence-electron chi connectivity index (χ1n) is 7.87. The second-order valence-electron chi connectivity index (χ2n) is 5.52. The first-order chi connectivity index (χ1) is 12.9. The lowest BCUT2D eigenvalue weighted by molar-refractivity contribution is -0.136. The van der Waals surface area contributed by atoms with Crippen LogP contribution >= 0.6 is 0 Å². The van der Waals surface area contributed by atoms with E-state index in [1.807, 2.05) is 6.07 Å². The lowest BCUT2D eigenvalue weighted by Gasteiger charge is -2.13. The summed E-state index contributed by atoms with van der Waals surface area (Å²) in [7, 11) is 0. The fraction of sp³-hybridized carbons (Fsp3) is 0.111. The molecule has 0 unspecified atom stereocenters. The van der Waals surface area contributed by atoms with Gasteiger partial charge in [-0.1, -0.05) is 18.2 Å². The van der Waals surface area contributed by atoms with E-state index < -0.39 is 17.6 Å². The monoisotopic (exact) mass is 373 g/mol. The number of alkyl halides is 3. The van der Waals surface area contributed by atoms with Crippen LogP contribution in [0.5, 0.6) is 0 Å². The van der Waals surface area contributed by atoms with E-state index in [1.165, 1.54) is 30.3 Å². The molecule has 1 aromatic carbocycles. The number of nitrogens with zero attached hydrogens (tertiary/aromatic N) is 3. The van der Waals surface area contributed by atoms with Crippen molar-refractivity contribution in [3.63, 3.8) is 0 Å². The number of nitrogens with one attached hydrogen (secondary N) is 2. The van der Waals surface area contributed by atoms with Gasteiger partial charge in [0.05, 0.1) is 11.3 Å². The van der Waals surface area contributed by atoms with E-state index >= 15 is 0 Å². The molecule has 0 fully saturated rings. The topological polar surface area (TPSA) is 79.8 Å². The zero-order chi connectivity index (χ0) is 19.3. The highest BCUT2D eigenvalue weighted by atomic mass is 19.4. The summed E-state index contributed by atoms with van der Waals surface area (Å²) < 4.78 is 39.0. The molecule has 2 N–H and O–H groups in total. The summed E-state index contributed by atoms with van der Waals surface area (Å²) in [5.74, 6) is -0.357. The Balaban J connectivity index is 1.66. The van der Waals surface area contributed by atoms with E-state index in [4.69, 9.17) is 0 Å². The fourth-order valence-electron chi connectivity index (χ4n) is 2.27. The minimum Gasteiger partial charge on any atom is -0.364 e. The minimum absolute atomic E-state index is 0.0982. The van der Waals surface area contributed by atoms with Crippen molar-refractivity contribution in [3.05, 3.63) is 77.7 Å². The van der Waals surface area contributed by atoms with Crippen LogP contribution in [-0.4, -0.2) is 21.1 Å². The Hall–Kier alpha value is -3.49. The van der Waals surface area contributed by atoms with Gasteiger partial charge in [-0.2, -0.15) is 13.2 Å². The van der Waals surface area contributed by atoms with Crippen molar-refractivity contribution in [1.29, 1.82) is 0 Å². The van der Waals surface area contributed by atoms with Crippen molar-refractivity contribution in [2.45, 2.75) is 12.7 Å². The summed E-state index contributed by atoms with van der Waals surface area (Å²) in [6, 6.07) is 11.3. The first kappa shape index (κ1) is 18.3. The van der Waals surface area contributed by atoms with Crippen LogP contribution in [-0.2, 0) is 12.7 Å². The number of carbonyl (C=O) groups is 1. The Labute approximate surface area is 152 Å². The van der Waals surface area contributed by atoms with E-state index in [0.29, 0.717) is 12.4 Å². The van der Waals surface area contributed by atoms with E-state index in [2.05, 4.69) is 25.8 Å². The number of hydrogen-bond acceptors (Lipinski definition) is 5. The van der Waals surface area contributed by atoms with Crippen molar-refractivity contribution in [2.24, 2.45) is 0 Å². The van der Waals surface area contributed by atoms with Crippen molar-refractivity contribution in [1.82, 2.24) is 15.2 Å². The molecule has 1 amide bonds. The molecule has 0 atom stereocenters. The minimum atomic E-state index is -4.57. The highest BCUT2D eigenvalue weighted by molar-refractivity contribution is 6.03. The molecule has 138 valence electrons. The highest BCUT2D eigenvalue weighted by Gasteiger charge is 2.33. The van der Waals surface area contributed by atoms with Gasteiger partial charge in [-0.05, 0) is 35.9 Å². The summed E-state index contributed by atoms with van der Waals surface area (Å²) in [5.41, 5.74) is -0.430. The average molecular weight is 373 g/mol. The SMILES string of the molecule is O=C(Nc1ccccc1C(F)(F)F)c1ccc(NCc2cccnc2)nn1. The Morgan fingerprint density at radius 2 is 1.81 bits per heavy atom. The van der Waals surface area contributed by atoms with Crippen molar-refractivity contribution in [3.8, 4) is 0 Å². The molecule has 2 heterocycles. The molecule has 0 bridgehead atoms. The molecule has 0 saturated carbocycles. The lowest BCUT2D eigenvalue weighted by Crippen LogP contribution is -2.18. The normalized spacial score (nSPS) is 11.1. The molecular weight excluding hydrogens is 359 g/mol. The molecule has 0 aliphatic rings. The quantitative estimate of drug-likeness (QED) is 0.712. The molecule has 6 nitrogen and oxygen atoms in total. The molecule has 3 aromatic rings. The maximum Gasteiger partial charge on any atom is 0.418 e. The Morgan fingerprint density at radius 1 is 1.00 bits per heavy atom. The smallest absolute Gasteiger partial charge is 0.364 e. The van der Waals surface area contributed by atoms with Gasteiger partial charge in [0.1, 0.15) is 5.82 Å². The molecular formula is C18H14F3N5O. The van der Waals surface area contributed by atoms with Crippen LogP contribution < -0.4 is 10.6 Å². The van der Waals surface area contributed by atoms with Crippen LogP contribution in [0.15, 0.2) is 60.9 Å². The molecule has 0 aliphatic heterocycles. The van der Waals surface area contributed by atoms with E-state index in [-0.39, 0.29) is 11.4 Å². The van der Waals surface area contributed by atoms with Gasteiger partial charge < -0.3 is 10.6 Å². The summed E-state index contributed by atoms with van der Waals surface area (Å²) in [5, 5.41) is 12.9. The Bertz CT molecular complexity index is 914. The maximum atomic E-state index is 13.0. The van der Waals surface area contributed by atoms with E-state index in [1.54, 1.807) is 18.5 Å². The standard InChI is InChI=1S/C18H14F3N5O/c19-18(20,21)13-5-1-2-6-14(13)24-17(27)15-7-8-16(26-25-15)23-11-12-4-3-9-22-10-12/h1-10H,11H2,(H,23,26)(H,24,27). The number of rotatable bonds is 5. The van der Waals surface area contributed by atoms with Gasteiger partial charge in [-0.25, -0.2) is 0 Å². The number of para-hydroxylation sites is 1. The third kappa shape index (κ3) is 4.78. The third-order valence-electron chi connectivity index (χ3n) is 3.57. The van der Waals surface area contributed by atoms with E-state index in [9.17, 15) is 18.0 Å². The van der Waals surface area contributed by atoms with E-state index in [0.717, 1.165) is 11.6 Å². The predicted molar refractivity (Wildman–Crippen MR) is 93.0 cm³/mol. The number of halogens is 3.